The molecule has 4 nitrogen and oxygen atoms in total. The van der Waals surface area contributed by atoms with Crippen LogP contribution in [0, 0.1) is 13.8 Å². The second-order valence-corrected chi connectivity index (χ2v) is 26.1. The average molecular weight is 1100 g/mol. The summed E-state index contributed by atoms with van der Waals surface area (Å²) in [5, 5.41) is 7.04. The van der Waals surface area contributed by atoms with E-state index in [9.17, 15) is 0 Å². The lowest BCUT2D eigenvalue weighted by Gasteiger charge is -2.33. The molecule has 3 aliphatic rings. The van der Waals surface area contributed by atoms with Gasteiger partial charge in [-0.05, 0) is 191 Å². The van der Waals surface area contributed by atoms with Crippen LogP contribution < -0.4 is 9.80 Å². The quantitative estimate of drug-likeness (QED) is 0.166. The Morgan fingerprint density at radius 2 is 0.718 bits per heavy atom. The summed E-state index contributed by atoms with van der Waals surface area (Å²) >= 11 is 0. The Morgan fingerprint density at radius 3 is 1.22 bits per heavy atom. The van der Waals surface area contributed by atoms with Gasteiger partial charge in [-0.15, -0.1) is 0 Å². The van der Waals surface area contributed by atoms with Crippen LogP contribution in [-0.2, 0) is 16.2 Å². The molecule has 0 aliphatic heterocycles. The highest BCUT2D eigenvalue weighted by Crippen LogP contribution is 2.67. The molecule has 0 fully saturated rings. The van der Waals surface area contributed by atoms with Crippen LogP contribution in [0.3, 0.4) is 0 Å². The fraction of sp³-hybridized carbons (Fsp3) is 0.136. The SMILES string of the molecule is Cc1cccc2c1oc1c(N(c3ccc(C(C)(C)C)cc3)c3ccc4c(c3)C3(c5cc(N(c6ccc(C(C)(C)C)cc6)c6cccc7c6oc6c(C)cccc67)ccc5-4)c4ccccc4-c4c3cc3c5c(cccc45)-c4ccccc4-3)cccc12. The summed E-state index contributed by atoms with van der Waals surface area (Å²) in [7, 11) is 0. The largest absolute Gasteiger partial charge is 0.454 e. The molecule has 14 aromatic rings. The van der Waals surface area contributed by atoms with Gasteiger partial charge < -0.3 is 18.6 Å². The van der Waals surface area contributed by atoms with Crippen LogP contribution in [0.1, 0.15) is 86.1 Å². The van der Waals surface area contributed by atoms with Gasteiger partial charge in [-0.1, -0.05) is 205 Å². The summed E-state index contributed by atoms with van der Waals surface area (Å²) < 4.78 is 14.1. The van der Waals surface area contributed by atoms with Gasteiger partial charge in [-0.25, -0.2) is 0 Å². The fourth-order valence-electron chi connectivity index (χ4n) is 15.1. The lowest BCUT2D eigenvalue weighted by molar-refractivity contribution is 0.590. The molecule has 0 saturated carbocycles. The molecule has 0 radical (unpaired) electrons. The van der Waals surface area contributed by atoms with Crippen molar-refractivity contribution in [1.29, 1.82) is 0 Å². The Morgan fingerprint density at radius 1 is 0.306 bits per heavy atom. The smallest absolute Gasteiger partial charge is 0.159 e. The van der Waals surface area contributed by atoms with Gasteiger partial charge in [-0.2, -0.15) is 0 Å². The highest BCUT2D eigenvalue weighted by atomic mass is 16.3. The van der Waals surface area contributed by atoms with Crippen molar-refractivity contribution in [3.05, 3.63) is 275 Å². The molecule has 17 rings (SSSR count). The lowest BCUT2D eigenvalue weighted by Crippen LogP contribution is -2.26. The van der Waals surface area contributed by atoms with Crippen molar-refractivity contribution in [2.24, 2.45) is 0 Å². The lowest BCUT2D eigenvalue weighted by atomic mass is 9.70. The second-order valence-electron chi connectivity index (χ2n) is 26.1. The summed E-state index contributed by atoms with van der Waals surface area (Å²) in [4.78, 5) is 4.88. The third kappa shape index (κ3) is 6.91. The fourth-order valence-corrected chi connectivity index (χ4v) is 15.1. The number of hydrogen-bond donors (Lipinski definition) is 0. The number of para-hydroxylation sites is 4. The van der Waals surface area contributed by atoms with E-state index in [1.165, 1.54) is 88.7 Å². The van der Waals surface area contributed by atoms with Crippen molar-refractivity contribution in [3.8, 4) is 44.5 Å². The van der Waals surface area contributed by atoms with Gasteiger partial charge in [0.05, 0.1) is 16.8 Å². The van der Waals surface area contributed by atoms with Crippen LogP contribution in [0.4, 0.5) is 34.1 Å². The van der Waals surface area contributed by atoms with E-state index in [1.807, 2.05) is 0 Å². The normalized spacial score (nSPS) is 13.5. The molecule has 0 unspecified atom stereocenters. The van der Waals surface area contributed by atoms with Gasteiger partial charge in [0.1, 0.15) is 11.2 Å². The van der Waals surface area contributed by atoms with Crippen molar-refractivity contribution < 1.29 is 8.83 Å². The predicted molar refractivity (Wildman–Crippen MR) is 355 cm³/mol. The van der Waals surface area contributed by atoms with Crippen molar-refractivity contribution >= 4 is 88.8 Å². The maximum atomic E-state index is 7.07. The second kappa shape index (κ2) is 17.6. The van der Waals surface area contributed by atoms with Crippen LogP contribution in [0.15, 0.2) is 239 Å². The molecule has 0 atom stereocenters. The summed E-state index contributed by atoms with van der Waals surface area (Å²) in [5.74, 6) is 0. The number of nitrogens with zero attached hydrogens (tertiary/aromatic N) is 2. The van der Waals surface area contributed by atoms with Crippen molar-refractivity contribution in [2.75, 3.05) is 9.80 Å². The third-order valence-corrected chi connectivity index (χ3v) is 19.2. The van der Waals surface area contributed by atoms with Crippen LogP contribution in [-0.4, -0.2) is 0 Å². The van der Waals surface area contributed by atoms with Gasteiger partial charge in [-0.3, -0.25) is 0 Å². The molecule has 2 heterocycles. The molecule has 12 aromatic carbocycles. The first-order chi connectivity index (χ1) is 41.3. The minimum Gasteiger partial charge on any atom is -0.454 e. The molecule has 4 heteroatoms. The number of hydrogen-bond acceptors (Lipinski definition) is 4. The summed E-state index contributed by atoms with van der Waals surface area (Å²) in [6.07, 6.45) is 0. The van der Waals surface area contributed by atoms with E-state index >= 15 is 0 Å². The first kappa shape index (κ1) is 49.7. The van der Waals surface area contributed by atoms with E-state index in [0.29, 0.717) is 0 Å². The van der Waals surface area contributed by atoms with Crippen molar-refractivity contribution in [1.82, 2.24) is 0 Å². The highest BCUT2D eigenvalue weighted by molar-refractivity contribution is 6.21. The minimum absolute atomic E-state index is 0.0255. The van der Waals surface area contributed by atoms with Gasteiger partial charge in [0.25, 0.3) is 0 Å². The van der Waals surface area contributed by atoms with E-state index in [4.69, 9.17) is 8.83 Å². The molecular formula is C81H62N2O2. The summed E-state index contributed by atoms with van der Waals surface area (Å²) in [6, 6.07) is 87.0. The average Bonchev–Trinajstić information content (AvgIpc) is 1.55. The highest BCUT2D eigenvalue weighted by Gasteiger charge is 2.53. The Bertz CT molecular complexity index is 4940. The third-order valence-electron chi connectivity index (χ3n) is 19.2. The Hall–Kier alpha value is -9.90. The van der Waals surface area contributed by atoms with Gasteiger partial charge in [0.15, 0.2) is 11.2 Å². The molecule has 85 heavy (non-hydrogen) atoms. The Balaban J connectivity index is 0.971. The number of aryl methyl sites for hydroxylation is 2. The molecular weight excluding hydrogens is 1030 g/mol. The monoisotopic (exact) mass is 1090 g/mol. The van der Waals surface area contributed by atoms with Crippen LogP contribution in [0.2, 0.25) is 0 Å². The Kier molecular flexibility index (Phi) is 10.3. The molecule has 0 saturated heterocycles. The molecule has 3 aliphatic carbocycles. The first-order valence-electron chi connectivity index (χ1n) is 30.0. The standard InChI is InChI=1S/C81H62N2O2/c1-47-18-13-24-60-62-26-16-30-71(77(62)84-75(47)60)82(51-36-32-49(33-37-51)79(3,4)5)53-40-42-57-58-43-41-54(83(52-38-34-50(35-39-52)80(6,7)8)72-31-17-27-63-61-25-14-19-48(2)76(61)85-78(63)72)45-69(58)81(68(57)44-53)67-29-12-11-22-64(67)74-65-28-15-23-59-55-20-9-10-21-56(55)66(73(59)65)46-70(74)81/h9-46H,1-8H3. The molecule has 0 N–H and O–H groups in total. The maximum Gasteiger partial charge on any atom is 0.159 e. The van der Waals surface area contributed by atoms with E-state index in [-0.39, 0.29) is 10.8 Å². The number of fused-ring (bicyclic) bond motifs is 20. The molecule has 408 valence electrons. The van der Waals surface area contributed by atoms with E-state index in [1.54, 1.807) is 0 Å². The van der Waals surface area contributed by atoms with Crippen molar-refractivity contribution in [3.63, 3.8) is 0 Å². The maximum absolute atomic E-state index is 7.07. The Labute approximate surface area is 495 Å². The summed E-state index contributed by atoms with van der Waals surface area (Å²) in [5.41, 5.74) is 29.0. The van der Waals surface area contributed by atoms with Crippen LogP contribution in [0.5, 0.6) is 0 Å². The van der Waals surface area contributed by atoms with Crippen LogP contribution >= 0.6 is 0 Å². The number of furan rings is 2. The summed E-state index contributed by atoms with van der Waals surface area (Å²) in [6.45, 7) is 18.0. The topological polar surface area (TPSA) is 32.8 Å². The zero-order valence-electron chi connectivity index (χ0n) is 49.2. The predicted octanol–water partition coefficient (Wildman–Crippen LogP) is 22.8. The molecule has 0 bridgehead atoms. The van der Waals surface area contributed by atoms with E-state index < -0.39 is 5.41 Å². The number of benzene rings is 12. The molecule has 1 spiro atoms. The number of rotatable bonds is 6. The number of anilines is 6. The molecule has 2 aromatic heterocycles. The van der Waals surface area contributed by atoms with Crippen LogP contribution in [0.25, 0.3) is 99.2 Å². The molecule has 0 amide bonds. The zero-order chi connectivity index (χ0) is 57.4. The van der Waals surface area contributed by atoms with Gasteiger partial charge >= 0.3 is 0 Å². The van der Waals surface area contributed by atoms with E-state index in [2.05, 4.69) is 296 Å². The van der Waals surface area contributed by atoms with Gasteiger partial charge in [0, 0.05) is 44.3 Å². The van der Waals surface area contributed by atoms with E-state index in [0.717, 1.165) is 89.1 Å². The van der Waals surface area contributed by atoms with Crippen molar-refractivity contribution in [2.45, 2.75) is 71.6 Å². The minimum atomic E-state index is -0.769. The van der Waals surface area contributed by atoms with Gasteiger partial charge in [0.2, 0.25) is 0 Å². The first-order valence-corrected chi connectivity index (χ1v) is 30.0. The zero-order valence-corrected chi connectivity index (χ0v) is 49.2.